The van der Waals surface area contributed by atoms with Crippen molar-refractivity contribution in [3.8, 4) is 11.1 Å². The van der Waals surface area contributed by atoms with E-state index in [-0.39, 0.29) is 11.9 Å². The highest BCUT2D eigenvalue weighted by Gasteiger charge is 2.08. The number of nitrogens with one attached hydrogen (secondary N) is 1. The second kappa shape index (κ2) is 7.90. The van der Waals surface area contributed by atoms with Crippen molar-refractivity contribution in [2.24, 2.45) is 0 Å². The highest BCUT2D eigenvalue weighted by molar-refractivity contribution is 7.09. The van der Waals surface area contributed by atoms with Crippen LogP contribution in [0, 0.1) is 6.92 Å². The molecule has 25 heavy (non-hydrogen) atoms. The van der Waals surface area contributed by atoms with Crippen LogP contribution >= 0.6 is 11.3 Å². The summed E-state index contributed by atoms with van der Waals surface area (Å²) >= 11 is 1.57. The van der Waals surface area contributed by atoms with Crippen molar-refractivity contribution < 1.29 is 4.79 Å². The predicted molar refractivity (Wildman–Crippen MR) is 104 cm³/mol. The summed E-state index contributed by atoms with van der Waals surface area (Å²) < 4.78 is 0. The van der Waals surface area contributed by atoms with Crippen LogP contribution in [-0.4, -0.2) is 10.9 Å². The van der Waals surface area contributed by atoms with Crippen molar-refractivity contribution in [3.63, 3.8) is 0 Å². The first-order chi connectivity index (χ1) is 12.1. The van der Waals surface area contributed by atoms with Crippen LogP contribution in [0.2, 0.25) is 0 Å². The number of hydrogen-bond donors (Lipinski definition) is 1. The van der Waals surface area contributed by atoms with Gasteiger partial charge in [0.05, 0.1) is 16.7 Å². The van der Waals surface area contributed by atoms with Crippen molar-refractivity contribution in [1.29, 1.82) is 0 Å². The van der Waals surface area contributed by atoms with E-state index in [4.69, 9.17) is 0 Å². The number of aromatic nitrogens is 1. The zero-order chi connectivity index (χ0) is 17.6. The summed E-state index contributed by atoms with van der Waals surface area (Å²) in [4.78, 5) is 16.4. The molecule has 1 atom stereocenters. The number of aryl methyl sites for hydroxylation is 1. The van der Waals surface area contributed by atoms with Gasteiger partial charge in [0.15, 0.2) is 0 Å². The van der Waals surface area contributed by atoms with Crippen molar-refractivity contribution in [1.82, 2.24) is 10.3 Å². The van der Waals surface area contributed by atoms with Gasteiger partial charge in [-0.3, -0.25) is 4.79 Å². The highest BCUT2D eigenvalue weighted by atomic mass is 32.1. The van der Waals surface area contributed by atoms with Gasteiger partial charge in [-0.2, -0.15) is 0 Å². The number of nitrogens with zero attached hydrogens (tertiary/aromatic N) is 1. The minimum Gasteiger partial charge on any atom is -0.346 e. The molecule has 0 unspecified atom stereocenters. The molecular weight excluding hydrogens is 328 g/mol. The number of hydrogen-bond acceptors (Lipinski definition) is 3. The fraction of sp³-hybridized carbons (Fsp3) is 0.143. The predicted octanol–water partition coefficient (Wildman–Crippen LogP) is 5.01. The number of benzene rings is 2. The minimum atomic E-state index is -0.120. The van der Waals surface area contributed by atoms with Crippen LogP contribution in [0.4, 0.5) is 0 Å². The van der Waals surface area contributed by atoms with Crippen LogP contribution in [0.5, 0.6) is 0 Å². The smallest absolute Gasteiger partial charge is 0.244 e. The van der Waals surface area contributed by atoms with Gasteiger partial charge in [0.25, 0.3) is 0 Å². The van der Waals surface area contributed by atoms with E-state index >= 15 is 0 Å². The van der Waals surface area contributed by atoms with E-state index in [0.717, 1.165) is 16.3 Å². The van der Waals surface area contributed by atoms with Crippen molar-refractivity contribution in [2.45, 2.75) is 19.9 Å². The standard InChI is InChI=1S/C21H20N2OS/c1-15(22-21(24)13-12-20-14-25-16(2)23-20)17-8-10-19(11-9-17)18-6-4-3-5-7-18/h3-15H,1-2H3,(H,22,24)/b13-12+/t15-/m1/s1. The summed E-state index contributed by atoms with van der Waals surface area (Å²) in [5.41, 5.74) is 4.25. The van der Waals surface area contributed by atoms with Crippen LogP contribution in [-0.2, 0) is 4.79 Å². The Morgan fingerprint density at radius 1 is 1.08 bits per heavy atom. The van der Waals surface area contributed by atoms with E-state index in [0.29, 0.717) is 0 Å². The van der Waals surface area contributed by atoms with Gasteiger partial charge in [0.2, 0.25) is 5.91 Å². The molecule has 1 amide bonds. The van der Waals surface area contributed by atoms with Gasteiger partial charge in [-0.15, -0.1) is 11.3 Å². The van der Waals surface area contributed by atoms with Crippen molar-refractivity contribution >= 4 is 23.3 Å². The second-order valence-corrected chi connectivity index (χ2v) is 6.91. The molecule has 2 aromatic carbocycles. The molecule has 126 valence electrons. The Bertz CT molecular complexity index is 866. The highest BCUT2D eigenvalue weighted by Crippen LogP contribution is 2.21. The summed E-state index contributed by atoms with van der Waals surface area (Å²) in [6.45, 7) is 3.93. The molecule has 3 rings (SSSR count). The molecule has 1 N–H and O–H groups in total. The largest absolute Gasteiger partial charge is 0.346 e. The van der Waals surface area contributed by atoms with Gasteiger partial charge in [0.1, 0.15) is 0 Å². The number of carbonyl (C=O) groups is 1. The second-order valence-electron chi connectivity index (χ2n) is 5.84. The molecule has 1 aromatic heterocycles. The Morgan fingerprint density at radius 3 is 2.40 bits per heavy atom. The average molecular weight is 348 g/mol. The fourth-order valence-electron chi connectivity index (χ4n) is 2.56. The van der Waals surface area contributed by atoms with Gasteiger partial charge >= 0.3 is 0 Å². The summed E-state index contributed by atoms with van der Waals surface area (Å²) in [5, 5.41) is 5.91. The first kappa shape index (κ1) is 17.1. The molecule has 1 heterocycles. The Balaban J connectivity index is 1.62. The normalized spacial score (nSPS) is 12.2. The van der Waals surface area contributed by atoms with E-state index in [1.54, 1.807) is 17.4 Å². The van der Waals surface area contributed by atoms with Gasteiger partial charge in [-0.05, 0) is 36.6 Å². The Hall–Kier alpha value is -2.72. The molecule has 0 spiro atoms. The van der Waals surface area contributed by atoms with Crippen LogP contribution in [0.3, 0.4) is 0 Å². The first-order valence-electron chi connectivity index (χ1n) is 8.18. The molecule has 0 saturated carbocycles. The van der Waals surface area contributed by atoms with Crippen LogP contribution in [0.15, 0.2) is 66.1 Å². The summed E-state index contributed by atoms with van der Waals surface area (Å²) in [7, 11) is 0. The molecule has 0 saturated heterocycles. The molecule has 0 aliphatic rings. The molecule has 0 bridgehead atoms. The van der Waals surface area contributed by atoms with Crippen LogP contribution < -0.4 is 5.32 Å². The maximum atomic E-state index is 12.1. The third-order valence-electron chi connectivity index (χ3n) is 3.92. The number of amides is 1. The zero-order valence-electron chi connectivity index (χ0n) is 14.3. The molecule has 0 aliphatic heterocycles. The molecule has 4 heteroatoms. The molecule has 0 radical (unpaired) electrons. The molecule has 0 fully saturated rings. The quantitative estimate of drug-likeness (QED) is 0.659. The minimum absolute atomic E-state index is 0.0563. The number of carbonyl (C=O) groups excluding carboxylic acids is 1. The number of rotatable bonds is 5. The Kier molecular flexibility index (Phi) is 5.41. The molecular formula is C21H20N2OS. The summed E-state index contributed by atoms with van der Waals surface area (Å²) in [5.74, 6) is -0.120. The van der Waals surface area contributed by atoms with Gasteiger partial charge in [-0.1, -0.05) is 54.6 Å². The van der Waals surface area contributed by atoms with E-state index < -0.39 is 0 Å². The monoisotopic (exact) mass is 348 g/mol. The zero-order valence-corrected chi connectivity index (χ0v) is 15.1. The fourth-order valence-corrected chi connectivity index (χ4v) is 3.14. The molecule has 0 aliphatic carbocycles. The van der Waals surface area contributed by atoms with Gasteiger partial charge in [0, 0.05) is 11.5 Å². The van der Waals surface area contributed by atoms with Gasteiger partial charge in [-0.25, -0.2) is 4.98 Å². The maximum Gasteiger partial charge on any atom is 0.244 e. The van der Waals surface area contributed by atoms with Gasteiger partial charge < -0.3 is 5.32 Å². The van der Waals surface area contributed by atoms with E-state index in [2.05, 4.69) is 46.7 Å². The van der Waals surface area contributed by atoms with E-state index in [1.165, 1.54) is 17.2 Å². The SMILES string of the molecule is Cc1nc(/C=C/C(=O)N[C@H](C)c2ccc(-c3ccccc3)cc2)cs1. The first-order valence-corrected chi connectivity index (χ1v) is 9.06. The van der Waals surface area contributed by atoms with Crippen LogP contribution in [0.1, 0.15) is 29.2 Å². The third-order valence-corrected chi connectivity index (χ3v) is 4.71. The number of thiazole rings is 1. The lowest BCUT2D eigenvalue weighted by Gasteiger charge is -2.13. The lowest BCUT2D eigenvalue weighted by atomic mass is 10.0. The topological polar surface area (TPSA) is 42.0 Å². The Morgan fingerprint density at radius 2 is 1.76 bits per heavy atom. The third kappa shape index (κ3) is 4.64. The maximum absolute atomic E-state index is 12.1. The lowest BCUT2D eigenvalue weighted by Crippen LogP contribution is -2.24. The average Bonchev–Trinajstić information content (AvgIpc) is 3.06. The van der Waals surface area contributed by atoms with E-state index in [9.17, 15) is 4.79 Å². The van der Waals surface area contributed by atoms with Crippen LogP contribution in [0.25, 0.3) is 17.2 Å². The summed E-state index contributed by atoms with van der Waals surface area (Å²) in [6.07, 6.45) is 3.27. The lowest BCUT2D eigenvalue weighted by molar-refractivity contribution is -0.117. The van der Waals surface area contributed by atoms with Crippen molar-refractivity contribution in [2.75, 3.05) is 0 Å². The van der Waals surface area contributed by atoms with Crippen molar-refractivity contribution in [3.05, 3.63) is 82.3 Å². The molecule has 3 aromatic rings. The molecule has 3 nitrogen and oxygen atoms in total. The summed E-state index contributed by atoms with van der Waals surface area (Å²) in [6, 6.07) is 18.5. The Labute approximate surface area is 152 Å². The van der Waals surface area contributed by atoms with E-state index in [1.807, 2.05) is 37.4 Å².